The summed E-state index contributed by atoms with van der Waals surface area (Å²) in [7, 11) is 1.90. The van der Waals surface area contributed by atoms with Gasteiger partial charge in [-0.15, -0.1) is 0 Å². The number of hydrogen-bond acceptors (Lipinski definition) is 3. The lowest BCUT2D eigenvalue weighted by molar-refractivity contribution is -0.0163. The lowest BCUT2D eigenvalue weighted by Crippen LogP contribution is -2.13. The molecule has 1 aromatic carbocycles. The van der Waals surface area contributed by atoms with Crippen molar-refractivity contribution in [3.63, 3.8) is 0 Å². The average Bonchev–Trinajstić information content (AvgIpc) is 2.18. The van der Waals surface area contributed by atoms with E-state index in [1.807, 2.05) is 13.1 Å². The van der Waals surface area contributed by atoms with Crippen LogP contribution >= 0.6 is 11.6 Å². The summed E-state index contributed by atoms with van der Waals surface area (Å²) in [5, 5.41) is 3.74. The quantitative estimate of drug-likeness (QED) is 0.815. The Hall–Kier alpha value is -0.770. The highest BCUT2D eigenvalue weighted by Gasteiger charge is 2.15. The summed E-state index contributed by atoms with van der Waals surface area (Å²) in [6, 6.07) is 3.97. The van der Waals surface area contributed by atoms with Gasteiger partial charge < -0.3 is 14.8 Å². The van der Waals surface area contributed by atoms with Crippen molar-refractivity contribution in [2.75, 3.05) is 13.8 Å². The molecule has 0 bridgehead atoms. The molecule has 76 valence electrons. The maximum Gasteiger partial charge on any atom is 0.189 e. The second-order valence-electron chi connectivity index (χ2n) is 3.21. The van der Waals surface area contributed by atoms with E-state index in [0.29, 0.717) is 11.6 Å². The second kappa shape index (κ2) is 4.17. The zero-order valence-corrected chi connectivity index (χ0v) is 8.73. The molecular weight excluding hydrogens is 202 g/mol. The molecule has 0 atom stereocenters. The molecule has 1 heterocycles. The predicted octanol–water partition coefficient (Wildman–Crippen LogP) is 1.93. The van der Waals surface area contributed by atoms with Crippen molar-refractivity contribution < 1.29 is 9.47 Å². The lowest BCUT2D eigenvalue weighted by Gasteiger charge is -2.19. The molecule has 0 amide bonds. The number of hydrogen-bond donors (Lipinski definition) is 1. The molecule has 4 heteroatoms. The van der Waals surface area contributed by atoms with Crippen LogP contribution in [0.1, 0.15) is 11.1 Å². The monoisotopic (exact) mass is 213 g/mol. The molecular formula is C10H12ClNO2. The minimum atomic E-state index is 0.290. The highest BCUT2D eigenvalue weighted by molar-refractivity contribution is 6.32. The molecule has 3 nitrogen and oxygen atoms in total. The summed E-state index contributed by atoms with van der Waals surface area (Å²) in [5.74, 6) is 0.762. The first-order valence-corrected chi connectivity index (χ1v) is 4.85. The van der Waals surface area contributed by atoms with Gasteiger partial charge in [-0.25, -0.2) is 0 Å². The first kappa shape index (κ1) is 9.77. The Morgan fingerprint density at radius 3 is 3.14 bits per heavy atom. The van der Waals surface area contributed by atoms with Gasteiger partial charge in [0.2, 0.25) is 0 Å². The molecule has 1 N–H and O–H groups in total. The molecule has 0 radical (unpaired) electrons. The molecule has 1 aliphatic heterocycles. The van der Waals surface area contributed by atoms with Crippen molar-refractivity contribution in [2.24, 2.45) is 0 Å². The van der Waals surface area contributed by atoms with Gasteiger partial charge in [0, 0.05) is 12.1 Å². The van der Waals surface area contributed by atoms with Gasteiger partial charge >= 0.3 is 0 Å². The van der Waals surface area contributed by atoms with Crippen LogP contribution in [-0.4, -0.2) is 13.8 Å². The van der Waals surface area contributed by atoms with Gasteiger partial charge in [-0.1, -0.05) is 11.6 Å². The fourth-order valence-corrected chi connectivity index (χ4v) is 1.86. The van der Waals surface area contributed by atoms with Gasteiger partial charge in [-0.05, 0) is 24.7 Å². The highest BCUT2D eigenvalue weighted by atomic mass is 35.5. The SMILES string of the molecule is CNCc1cc(Cl)c2c(c1)COCO2. The van der Waals surface area contributed by atoms with Crippen LogP contribution in [-0.2, 0) is 17.9 Å². The largest absolute Gasteiger partial charge is 0.466 e. The van der Waals surface area contributed by atoms with Crippen molar-refractivity contribution >= 4 is 11.6 Å². The third-order valence-corrected chi connectivity index (χ3v) is 2.39. The van der Waals surface area contributed by atoms with Crippen LogP contribution in [0.3, 0.4) is 0 Å². The van der Waals surface area contributed by atoms with Crippen molar-refractivity contribution in [3.8, 4) is 5.75 Å². The lowest BCUT2D eigenvalue weighted by atomic mass is 10.1. The molecule has 0 aromatic heterocycles. The van der Waals surface area contributed by atoms with Crippen LogP contribution in [0.15, 0.2) is 12.1 Å². The van der Waals surface area contributed by atoms with Gasteiger partial charge in [0.05, 0.1) is 11.6 Å². The van der Waals surface area contributed by atoms with Gasteiger partial charge in [-0.3, -0.25) is 0 Å². The Bertz CT molecular complexity index is 341. The second-order valence-corrected chi connectivity index (χ2v) is 3.61. The molecule has 1 aliphatic rings. The van der Waals surface area contributed by atoms with Crippen LogP contribution in [0.5, 0.6) is 5.75 Å². The Morgan fingerprint density at radius 2 is 2.36 bits per heavy atom. The van der Waals surface area contributed by atoms with Crippen molar-refractivity contribution in [2.45, 2.75) is 13.2 Å². The molecule has 0 fully saturated rings. The van der Waals surface area contributed by atoms with Gasteiger partial charge in [0.15, 0.2) is 6.79 Å². The third-order valence-electron chi connectivity index (χ3n) is 2.11. The molecule has 14 heavy (non-hydrogen) atoms. The number of halogens is 1. The molecule has 0 unspecified atom stereocenters. The minimum Gasteiger partial charge on any atom is -0.466 e. The molecule has 0 saturated heterocycles. The van der Waals surface area contributed by atoms with E-state index in [0.717, 1.165) is 23.4 Å². The Morgan fingerprint density at radius 1 is 1.50 bits per heavy atom. The topological polar surface area (TPSA) is 30.5 Å². The minimum absolute atomic E-state index is 0.290. The Kier molecular flexibility index (Phi) is 2.91. The summed E-state index contributed by atoms with van der Waals surface area (Å²) in [6.45, 7) is 1.66. The maximum atomic E-state index is 6.07. The van der Waals surface area contributed by atoms with Crippen LogP contribution in [0.2, 0.25) is 5.02 Å². The van der Waals surface area contributed by atoms with E-state index in [2.05, 4.69) is 11.4 Å². The van der Waals surface area contributed by atoms with Crippen LogP contribution in [0, 0.1) is 0 Å². The number of benzene rings is 1. The number of ether oxygens (including phenoxy) is 2. The first-order valence-electron chi connectivity index (χ1n) is 4.47. The van der Waals surface area contributed by atoms with Crippen LogP contribution in [0.4, 0.5) is 0 Å². The Labute approximate surface area is 88.0 Å². The molecule has 1 aromatic rings. The van der Waals surface area contributed by atoms with E-state index in [1.54, 1.807) is 0 Å². The summed E-state index contributed by atoms with van der Waals surface area (Å²) in [4.78, 5) is 0. The molecule has 0 saturated carbocycles. The van der Waals surface area contributed by atoms with Crippen molar-refractivity contribution in [3.05, 3.63) is 28.3 Å². The van der Waals surface area contributed by atoms with E-state index in [-0.39, 0.29) is 6.79 Å². The summed E-state index contributed by atoms with van der Waals surface area (Å²) < 4.78 is 10.5. The first-order chi connectivity index (χ1) is 6.81. The summed E-state index contributed by atoms with van der Waals surface area (Å²) in [6.07, 6.45) is 0. The van der Waals surface area contributed by atoms with E-state index in [9.17, 15) is 0 Å². The zero-order chi connectivity index (χ0) is 9.97. The van der Waals surface area contributed by atoms with Crippen LogP contribution in [0.25, 0.3) is 0 Å². The normalized spacial score (nSPS) is 14.7. The molecule has 0 spiro atoms. The van der Waals surface area contributed by atoms with E-state index >= 15 is 0 Å². The van der Waals surface area contributed by atoms with Crippen molar-refractivity contribution in [1.29, 1.82) is 0 Å². The van der Waals surface area contributed by atoms with Gasteiger partial charge in [0.1, 0.15) is 5.75 Å². The summed E-state index contributed by atoms with van der Waals surface area (Å²) in [5.41, 5.74) is 2.17. The molecule has 0 aliphatic carbocycles. The van der Waals surface area contributed by atoms with Crippen molar-refractivity contribution in [1.82, 2.24) is 5.32 Å². The van der Waals surface area contributed by atoms with Crippen LogP contribution < -0.4 is 10.1 Å². The van der Waals surface area contributed by atoms with Gasteiger partial charge in [0.25, 0.3) is 0 Å². The fraction of sp³-hybridized carbons (Fsp3) is 0.400. The summed E-state index contributed by atoms with van der Waals surface area (Å²) >= 11 is 6.07. The number of nitrogens with one attached hydrogen (secondary N) is 1. The fourth-order valence-electron chi connectivity index (χ4n) is 1.54. The number of fused-ring (bicyclic) bond motifs is 1. The predicted molar refractivity (Wildman–Crippen MR) is 54.5 cm³/mol. The average molecular weight is 214 g/mol. The smallest absolute Gasteiger partial charge is 0.189 e. The Balaban J connectivity index is 2.36. The van der Waals surface area contributed by atoms with E-state index in [4.69, 9.17) is 21.1 Å². The molecule has 2 rings (SSSR count). The zero-order valence-electron chi connectivity index (χ0n) is 7.97. The highest BCUT2D eigenvalue weighted by Crippen LogP contribution is 2.33. The van der Waals surface area contributed by atoms with E-state index < -0.39 is 0 Å². The standard InChI is InChI=1S/C10H12ClNO2/c1-12-4-7-2-8-5-13-6-14-10(8)9(11)3-7/h2-3,12H,4-6H2,1H3. The maximum absolute atomic E-state index is 6.07. The van der Waals surface area contributed by atoms with E-state index in [1.165, 1.54) is 0 Å². The number of rotatable bonds is 2. The van der Waals surface area contributed by atoms with Gasteiger partial charge in [-0.2, -0.15) is 0 Å². The third kappa shape index (κ3) is 1.85.